The summed E-state index contributed by atoms with van der Waals surface area (Å²) in [5, 5.41) is 0. The van der Waals surface area contributed by atoms with Crippen LogP contribution in [0.25, 0.3) is 0 Å². The molecule has 0 fully saturated rings. The van der Waals surface area contributed by atoms with Crippen LogP contribution in [0, 0.1) is 6.92 Å². The van der Waals surface area contributed by atoms with Gasteiger partial charge in [-0.05, 0) is 49.7 Å². The molecule has 0 aliphatic heterocycles. The Bertz CT molecular complexity index is 987. The summed E-state index contributed by atoms with van der Waals surface area (Å²) in [6.07, 6.45) is 1.71. The van der Waals surface area contributed by atoms with Crippen molar-refractivity contribution in [3.63, 3.8) is 0 Å². The molecule has 1 aromatic heterocycles. The van der Waals surface area contributed by atoms with Gasteiger partial charge in [0.2, 0.25) is 10.0 Å². The summed E-state index contributed by atoms with van der Waals surface area (Å²) in [5.41, 5.74) is 2.28. The lowest BCUT2D eigenvalue weighted by Crippen LogP contribution is -2.31. The Morgan fingerprint density at radius 2 is 1.70 bits per heavy atom. The third-order valence-corrected chi connectivity index (χ3v) is 5.82. The highest BCUT2D eigenvalue weighted by molar-refractivity contribution is 7.92. The Balaban J connectivity index is 1.92. The first-order chi connectivity index (χ1) is 13.0. The predicted molar refractivity (Wildman–Crippen MR) is 108 cm³/mol. The van der Waals surface area contributed by atoms with E-state index in [-0.39, 0.29) is 12.3 Å². The minimum Gasteiger partial charge on any atom is -0.457 e. The van der Waals surface area contributed by atoms with Crippen molar-refractivity contribution in [2.75, 3.05) is 10.1 Å². The fourth-order valence-electron chi connectivity index (χ4n) is 2.59. The first-order valence-corrected chi connectivity index (χ1v) is 10.3. The molecule has 0 aliphatic rings. The van der Waals surface area contributed by atoms with E-state index < -0.39 is 10.0 Å². The maximum absolute atomic E-state index is 12.7. The van der Waals surface area contributed by atoms with Crippen LogP contribution in [0.1, 0.15) is 18.2 Å². The maximum atomic E-state index is 12.7. The molecule has 3 aromatic rings. The molecule has 3 rings (SSSR count). The zero-order chi connectivity index (χ0) is 19.3. The zero-order valence-electron chi connectivity index (χ0n) is 15.4. The van der Waals surface area contributed by atoms with Crippen molar-refractivity contribution in [3.8, 4) is 11.5 Å². The lowest BCUT2D eigenvalue weighted by atomic mass is 10.2. The highest BCUT2D eigenvalue weighted by Crippen LogP contribution is 2.28. The van der Waals surface area contributed by atoms with Crippen molar-refractivity contribution in [1.29, 1.82) is 0 Å². The van der Waals surface area contributed by atoms with Crippen molar-refractivity contribution in [1.82, 2.24) is 4.98 Å². The number of sulfonamides is 1. The average molecular weight is 382 g/mol. The lowest BCUT2D eigenvalue weighted by molar-refractivity contribution is 0.483. The molecule has 0 atom stereocenters. The summed E-state index contributed by atoms with van der Waals surface area (Å²) >= 11 is 0. The number of aromatic nitrogens is 1. The van der Waals surface area contributed by atoms with Gasteiger partial charge in [0.1, 0.15) is 11.5 Å². The molecule has 0 N–H and O–H groups in total. The second kappa shape index (κ2) is 8.22. The average Bonchev–Trinajstić information content (AvgIpc) is 2.68. The number of nitrogens with zero attached hydrogens (tertiary/aromatic N) is 2. The van der Waals surface area contributed by atoms with Gasteiger partial charge in [0, 0.05) is 18.0 Å². The largest absolute Gasteiger partial charge is 0.457 e. The van der Waals surface area contributed by atoms with Gasteiger partial charge in [0.05, 0.1) is 18.0 Å². The van der Waals surface area contributed by atoms with E-state index in [2.05, 4.69) is 4.98 Å². The maximum Gasteiger partial charge on any atom is 0.235 e. The van der Waals surface area contributed by atoms with Crippen LogP contribution in [0.3, 0.4) is 0 Å². The Hall–Kier alpha value is -2.86. The van der Waals surface area contributed by atoms with Crippen molar-refractivity contribution < 1.29 is 13.2 Å². The zero-order valence-corrected chi connectivity index (χ0v) is 16.2. The molecular formula is C21H22N2O3S. The van der Waals surface area contributed by atoms with Crippen LogP contribution >= 0.6 is 0 Å². The molecule has 0 saturated carbocycles. The van der Waals surface area contributed by atoms with Crippen LogP contribution in [0.4, 0.5) is 5.69 Å². The number of benzene rings is 2. The second-order valence-corrected chi connectivity index (χ2v) is 8.31. The quantitative estimate of drug-likeness (QED) is 0.602. The standard InChI is InChI=1S/C21H22N2O3S/c1-3-27(24,25)23(16-18-13-12-17(2)22-15-18)19-8-7-11-21(14-19)26-20-9-5-4-6-10-20/h4-15H,3,16H2,1-2H3. The highest BCUT2D eigenvalue weighted by Gasteiger charge is 2.21. The smallest absolute Gasteiger partial charge is 0.235 e. The monoisotopic (exact) mass is 382 g/mol. The molecule has 0 saturated heterocycles. The van der Waals surface area contributed by atoms with E-state index in [4.69, 9.17) is 4.74 Å². The normalized spacial score (nSPS) is 11.2. The number of aryl methyl sites for hydroxylation is 1. The first kappa shape index (κ1) is 18.9. The molecule has 6 heteroatoms. The van der Waals surface area contributed by atoms with Gasteiger partial charge < -0.3 is 4.74 Å². The van der Waals surface area contributed by atoms with Crippen molar-refractivity contribution in [3.05, 3.63) is 84.2 Å². The van der Waals surface area contributed by atoms with Crippen LogP contribution in [0.5, 0.6) is 11.5 Å². The molecule has 0 unspecified atom stereocenters. The Labute approximate surface area is 160 Å². The van der Waals surface area contributed by atoms with E-state index in [9.17, 15) is 8.42 Å². The van der Waals surface area contributed by atoms with Crippen LogP contribution < -0.4 is 9.04 Å². The Morgan fingerprint density at radius 3 is 2.37 bits per heavy atom. The molecule has 0 aliphatic carbocycles. The van der Waals surface area contributed by atoms with Crippen molar-refractivity contribution in [2.24, 2.45) is 0 Å². The minimum absolute atomic E-state index is 0.00998. The summed E-state index contributed by atoms with van der Waals surface area (Å²) in [7, 11) is -3.46. The lowest BCUT2D eigenvalue weighted by Gasteiger charge is -2.24. The summed E-state index contributed by atoms with van der Waals surface area (Å²) in [4.78, 5) is 4.26. The minimum atomic E-state index is -3.46. The van der Waals surface area contributed by atoms with Gasteiger partial charge in [-0.25, -0.2) is 8.42 Å². The first-order valence-electron chi connectivity index (χ1n) is 8.73. The number of para-hydroxylation sites is 1. The molecule has 0 bridgehead atoms. The molecule has 5 nitrogen and oxygen atoms in total. The number of hydrogen-bond acceptors (Lipinski definition) is 4. The van der Waals surface area contributed by atoms with Gasteiger partial charge in [0.15, 0.2) is 0 Å². The van der Waals surface area contributed by atoms with Gasteiger partial charge in [-0.3, -0.25) is 9.29 Å². The molecule has 140 valence electrons. The van der Waals surface area contributed by atoms with Gasteiger partial charge in [0.25, 0.3) is 0 Å². The molecular weight excluding hydrogens is 360 g/mol. The SMILES string of the molecule is CCS(=O)(=O)N(Cc1ccc(C)nc1)c1cccc(Oc2ccccc2)c1. The predicted octanol–water partition coefficient (Wildman–Crippen LogP) is 4.54. The summed E-state index contributed by atoms with van der Waals surface area (Å²) < 4.78 is 32.7. The van der Waals surface area contributed by atoms with Crippen LogP contribution in [-0.4, -0.2) is 19.2 Å². The van der Waals surface area contributed by atoms with Gasteiger partial charge >= 0.3 is 0 Å². The number of ether oxygens (including phenoxy) is 1. The van der Waals surface area contributed by atoms with Gasteiger partial charge in [-0.1, -0.05) is 30.3 Å². The number of hydrogen-bond donors (Lipinski definition) is 0. The number of anilines is 1. The fraction of sp³-hybridized carbons (Fsp3) is 0.190. The van der Waals surface area contributed by atoms with Crippen LogP contribution in [0.2, 0.25) is 0 Å². The van der Waals surface area contributed by atoms with Gasteiger partial charge in [-0.15, -0.1) is 0 Å². The van der Waals surface area contributed by atoms with E-state index in [1.165, 1.54) is 4.31 Å². The Morgan fingerprint density at radius 1 is 0.963 bits per heavy atom. The third-order valence-electron chi connectivity index (χ3n) is 4.08. The van der Waals surface area contributed by atoms with E-state index in [0.29, 0.717) is 17.2 Å². The summed E-state index contributed by atoms with van der Waals surface area (Å²) in [6.45, 7) is 3.76. The van der Waals surface area contributed by atoms with Crippen molar-refractivity contribution in [2.45, 2.75) is 20.4 Å². The molecule has 0 amide bonds. The topological polar surface area (TPSA) is 59.5 Å². The third kappa shape index (κ3) is 4.86. The van der Waals surface area contributed by atoms with E-state index >= 15 is 0 Å². The van der Waals surface area contributed by atoms with Crippen LogP contribution in [-0.2, 0) is 16.6 Å². The molecule has 1 heterocycles. The fourth-order valence-corrected chi connectivity index (χ4v) is 3.68. The highest BCUT2D eigenvalue weighted by atomic mass is 32.2. The van der Waals surface area contributed by atoms with E-state index in [1.54, 1.807) is 37.4 Å². The van der Waals surface area contributed by atoms with E-state index in [1.807, 2.05) is 49.4 Å². The molecule has 0 spiro atoms. The summed E-state index contributed by atoms with van der Waals surface area (Å²) in [5.74, 6) is 1.29. The summed E-state index contributed by atoms with van der Waals surface area (Å²) in [6, 6.07) is 20.3. The molecule has 0 radical (unpaired) electrons. The van der Waals surface area contributed by atoms with E-state index in [0.717, 1.165) is 11.3 Å². The molecule has 2 aromatic carbocycles. The Kier molecular flexibility index (Phi) is 5.76. The van der Waals surface area contributed by atoms with Gasteiger partial charge in [-0.2, -0.15) is 0 Å². The molecule has 27 heavy (non-hydrogen) atoms. The van der Waals surface area contributed by atoms with Crippen LogP contribution in [0.15, 0.2) is 72.9 Å². The second-order valence-electron chi connectivity index (χ2n) is 6.13. The number of pyridine rings is 1. The number of rotatable bonds is 7. The van der Waals surface area contributed by atoms with Crippen molar-refractivity contribution >= 4 is 15.7 Å².